The average Bonchev–Trinajstić information content (AvgIpc) is 3.16. The predicted molar refractivity (Wildman–Crippen MR) is 103 cm³/mol. The molecular formula is C20H25FN4OS. The third-order valence-electron chi connectivity index (χ3n) is 5.42. The Morgan fingerprint density at radius 3 is 2.59 bits per heavy atom. The third kappa shape index (κ3) is 3.43. The Labute approximate surface area is 163 Å². The second kappa shape index (κ2) is 7.36. The van der Waals surface area contributed by atoms with Gasteiger partial charge in [0.15, 0.2) is 11.0 Å². The Morgan fingerprint density at radius 1 is 1.26 bits per heavy atom. The van der Waals surface area contributed by atoms with Crippen molar-refractivity contribution >= 4 is 17.7 Å². The highest BCUT2D eigenvalue weighted by atomic mass is 32.2. The molecule has 0 N–H and O–H groups in total. The fourth-order valence-corrected chi connectivity index (χ4v) is 5.66. The van der Waals surface area contributed by atoms with Crippen LogP contribution in [-0.2, 0) is 6.42 Å². The van der Waals surface area contributed by atoms with Gasteiger partial charge in [0.05, 0.1) is 6.04 Å². The first-order valence-electron chi connectivity index (χ1n) is 9.63. The van der Waals surface area contributed by atoms with Gasteiger partial charge in [-0.05, 0) is 24.3 Å². The molecule has 1 fully saturated rings. The summed E-state index contributed by atoms with van der Waals surface area (Å²) in [7, 11) is 0. The van der Waals surface area contributed by atoms with E-state index in [0.29, 0.717) is 34.8 Å². The number of carbonyl (C=O) groups is 1. The Balaban J connectivity index is 1.72. The van der Waals surface area contributed by atoms with Crippen LogP contribution in [-0.4, -0.2) is 43.9 Å². The van der Waals surface area contributed by atoms with Gasteiger partial charge in [0.25, 0.3) is 5.91 Å². The first-order chi connectivity index (χ1) is 13.0. The van der Waals surface area contributed by atoms with Crippen LogP contribution in [0.5, 0.6) is 0 Å². The lowest BCUT2D eigenvalue weighted by Gasteiger charge is -2.41. The smallest absolute Gasteiger partial charge is 0.264 e. The highest BCUT2D eigenvalue weighted by molar-refractivity contribution is 8.00. The normalized spacial score (nSPS) is 27.0. The molecule has 0 spiro atoms. The van der Waals surface area contributed by atoms with Crippen LogP contribution in [0.3, 0.4) is 0 Å². The van der Waals surface area contributed by atoms with Crippen molar-refractivity contribution in [2.24, 2.45) is 11.8 Å². The number of thioether (sulfide) groups is 1. The van der Waals surface area contributed by atoms with Gasteiger partial charge in [0, 0.05) is 25.1 Å². The molecule has 3 heterocycles. The molecule has 1 aromatic heterocycles. The van der Waals surface area contributed by atoms with Crippen molar-refractivity contribution in [3.05, 3.63) is 41.5 Å². The molecule has 1 aromatic carbocycles. The van der Waals surface area contributed by atoms with Gasteiger partial charge in [-0.3, -0.25) is 9.69 Å². The van der Waals surface area contributed by atoms with Crippen molar-refractivity contribution in [3.63, 3.8) is 0 Å². The summed E-state index contributed by atoms with van der Waals surface area (Å²) >= 11 is 1.42. The van der Waals surface area contributed by atoms with E-state index in [0.717, 1.165) is 19.5 Å². The standard InChI is InChI=1S/C20H25FN4OS/c1-4-16-22-20-25(23-16)19(26)18(27-20)17(14-7-5-6-8-15(14)21)24-10-12(2)9-13(3)11-24/h5-8,12-13,17-18H,4,9-11H2,1-3H3. The second-order valence-corrected chi connectivity index (χ2v) is 8.93. The zero-order valence-corrected chi connectivity index (χ0v) is 16.7. The summed E-state index contributed by atoms with van der Waals surface area (Å²) in [6.07, 6.45) is 1.85. The van der Waals surface area contributed by atoms with Crippen LogP contribution in [0.1, 0.15) is 49.4 Å². The van der Waals surface area contributed by atoms with Gasteiger partial charge < -0.3 is 0 Å². The Morgan fingerprint density at radius 2 is 1.96 bits per heavy atom. The van der Waals surface area contributed by atoms with Gasteiger partial charge >= 0.3 is 0 Å². The number of fused-ring (bicyclic) bond motifs is 1. The predicted octanol–water partition coefficient (Wildman–Crippen LogP) is 3.81. The molecule has 0 bridgehead atoms. The molecule has 0 aliphatic carbocycles. The summed E-state index contributed by atoms with van der Waals surface area (Å²) in [6.45, 7) is 8.15. The van der Waals surface area contributed by atoms with Gasteiger partial charge in [-0.2, -0.15) is 4.68 Å². The summed E-state index contributed by atoms with van der Waals surface area (Å²) in [5.74, 6) is 1.36. The summed E-state index contributed by atoms with van der Waals surface area (Å²) in [4.78, 5) is 19.9. The molecule has 1 saturated heterocycles. The number of benzene rings is 1. The van der Waals surface area contributed by atoms with Crippen molar-refractivity contribution in [3.8, 4) is 0 Å². The molecule has 2 aromatic rings. The van der Waals surface area contributed by atoms with Crippen LogP contribution >= 0.6 is 11.8 Å². The fraction of sp³-hybridized carbons (Fsp3) is 0.550. The van der Waals surface area contributed by atoms with Crippen LogP contribution in [0, 0.1) is 17.7 Å². The fourth-order valence-electron chi connectivity index (χ4n) is 4.40. The second-order valence-electron chi connectivity index (χ2n) is 7.82. The average molecular weight is 389 g/mol. The lowest BCUT2D eigenvalue weighted by molar-refractivity contribution is 0.0705. The lowest BCUT2D eigenvalue weighted by Crippen LogP contribution is -2.46. The number of carbonyl (C=O) groups excluding carboxylic acids is 1. The Kier molecular flexibility index (Phi) is 5.07. The number of rotatable bonds is 4. The summed E-state index contributed by atoms with van der Waals surface area (Å²) in [5.41, 5.74) is 0.589. The molecule has 0 amide bonds. The van der Waals surface area contributed by atoms with Crippen LogP contribution < -0.4 is 0 Å². The molecule has 144 valence electrons. The maximum atomic E-state index is 14.8. The molecule has 4 unspecified atom stereocenters. The number of aryl methyl sites for hydroxylation is 1. The highest BCUT2D eigenvalue weighted by Gasteiger charge is 2.45. The van der Waals surface area contributed by atoms with Crippen molar-refractivity contribution in [2.75, 3.05) is 13.1 Å². The number of hydrogen-bond acceptors (Lipinski definition) is 5. The van der Waals surface area contributed by atoms with Crippen molar-refractivity contribution in [2.45, 2.75) is 50.1 Å². The van der Waals surface area contributed by atoms with E-state index >= 15 is 0 Å². The minimum atomic E-state index is -0.430. The Hall–Kier alpha value is -1.73. The number of halogens is 1. The topological polar surface area (TPSA) is 51.0 Å². The first-order valence-corrected chi connectivity index (χ1v) is 10.5. The lowest BCUT2D eigenvalue weighted by atomic mass is 9.88. The monoisotopic (exact) mass is 388 g/mol. The molecule has 0 radical (unpaired) electrons. The van der Waals surface area contributed by atoms with Crippen LogP contribution in [0.15, 0.2) is 29.4 Å². The van der Waals surface area contributed by atoms with Crippen LogP contribution in [0.2, 0.25) is 0 Å². The van der Waals surface area contributed by atoms with Crippen LogP contribution in [0.4, 0.5) is 4.39 Å². The minimum absolute atomic E-state index is 0.0960. The zero-order chi connectivity index (χ0) is 19.1. The van der Waals surface area contributed by atoms with E-state index in [4.69, 9.17) is 0 Å². The number of piperidine rings is 1. The molecule has 0 saturated carbocycles. The van der Waals surface area contributed by atoms with Gasteiger partial charge in [0.2, 0.25) is 0 Å². The summed E-state index contributed by atoms with van der Waals surface area (Å²) in [6, 6.07) is 6.51. The largest absolute Gasteiger partial charge is 0.294 e. The number of hydrogen-bond donors (Lipinski definition) is 0. The summed E-state index contributed by atoms with van der Waals surface area (Å²) < 4.78 is 16.2. The van der Waals surface area contributed by atoms with E-state index in [-0.39, 0.29) is 17.8 Å². The molecular weight excluding hydrogens is 363 g/mol. The van der Waals surface area contributed by atoms with Gasteiger partial charge in [-0.25, -0.2) is 9.37 Å². The van der Waals surface area contributed by atoms with E-state index in [9.17, 15) is 9.18 Å². The molecule has 4 rings (SSSR count). The molecule has 4 atom stereocenters. The van der Waals surface area contributed by atoms with E-state index in [2.05, 4.69) is 28.8 Å². The number of aromatic nitrogens is 3. The zero-order valence-electron chi connectivity index (χ0n) is 15.9. The summed E-state index contributed by atoms with van der Waals surface area (Å²) in [5, 5.41) is 4.53. The van der Waals surface area contributed by atoms with Crippen molar-refractivity contribution in [1.29, 1.82) is 0 Å². The van der Waals surface area contributed by atoms with Gasteiger partial charge in [0.1, 0.15) is 11.1 Å². The van der Waals surface area contributed by atoms with Crippen molar-refractivity contribution < 1.29 is 9.18 Å². The highest BCUT2D eigenvalue weighted by Crippen LogP contribution is 2.43. The Bertz CT molecular complexity index is 844. The van der Waals surface area contributed by atoms with E-state index < -0.39 is 5.25 Å². The maximum Gasteiger partial charge on any atom is 0.264 e. The SMILES string of the molecule is CCc1nc2n(n1)C(=O)C(C(c1ccccc1F)N1CC(C)CC(C)C1)S2. The molecule has 5 nitrogen and oxygen atoms in total. The molecule has 2 aliphatic rings. The van der Waals surface area contributed by atoms with Crippen LogP contribution in [0.25, 0.3) is 0 Å². The maximum absolute atomic E-state index is 14.8. The molecule has 7 heteroatoms. The third-order valence-corrected chi connectivity index (χ3v) is 6.61. The minimum Gasteiger partial charge on any atom is -0.294 e. The van der Waals surface area contributed by atoms with Gasteiger partial charge in [-0.15, -0.1) is 5.10 Å². The van der Waals surface area contributed by atoms with Gasteiger partial charge in [-0.1, -0.05) is 50.7 Å². The van der Waals surface area contributed by atoms with E-state index in [1.165, 1.54) is 22.5 Å². The molecule has 2 aliphatic heterocycles. The quantitative estimate of drug-likeness (QED) is 0.797. The van der Waals surface area contributed by atoms with E-state index in [1.807, 2.05) is 19.1 Å². The molecule has 27 heavy (non-hydrogen) atoms. The first kappa shape index (κ1) is 18.6. The van der Waals surface area contributed by atoms with E-state index in [1.54, 1.807) is 6.07 Å². The number of likely N-dealkylation sites (tertiary alicyclic amines) is 1. The van der Waals surface area contributed by atoms with Crippen molar-refractivity contribution in [1.82, 2.24) is 19.7 Å². The number of nitrogens with zero attached hydrogens (tertiary/aromatic N) is 4.